The van der Waals surface area contributed by atoms with E-state index in [1.54, 1.807) is 0 Å². The van der Waals surface area contributed by atoms with Gasteiger partial charge < -0.3 is 15.2 Å². The number of rotatable bonds is 3. The van der Waals surface area contributed by atoms with Crippen LogP contribution in [0.2, 0.25) is 0 Å². The Morgan fingerprint density at radius 1 is 1.43 bits per heavy atom. The molecule has 0 amide bonds. The molecule has 1 aliphatic heterocycles. The largest absolute Gasteiger partial charge is 0.337 e. The van der Waals surface area contributed by atoms with E-state index in [1.807, 2.05) is 6.92 Å². The Balaban J connectivity index is 2.17. The lowest BCUT2D eigenvalue weighted by atomic mass is 10.1. The van der Waals surface area contributed by atoms with Gasteiger partial charge in [0.15, 0.2) is 0 Å². The summed E-state index contributed by atoms with van der Waals surface area (Å²) in [5.41, 5.74) is 2.27. The van der Waals surface area contributed by atoms with Gasteiger partial charge in [-0.15, -0.1) is 0 Å². The molecule has 0 unspecified atom stereocenters. The monoisotopic (exact) mass is 194 g/mol. The van der Waals surface area contributed by atoms with Crippen molar-refractivity contribution in [1.29, 1.82) is 0 Å². The third-order valence-electron chi connectivity index (χ3n) is 2.93. The fourth-order valence-corrected chi connectivity index (χ4v) is 1.74. The van der Waals surface area contributed by atoms with Gasteiger partial charge >= 0.3 is 0 Å². The molecule has 2 heterocycles. The molecule has 1 aromatic rings. The van der Waals surface area contributed by atoms with E-state index in [-0.39, 0.29) is 0 Å². The van der Waals surface area contributed by atoms with Crippen LogP contribution in [0.3, 0.4) is 0 Å². The molecule has 0 spiro atoms. The van der Waals surface area contributed by atoms with Crippen molar-refractivity contribution in [1.82, 2.24) is 15.3 Å². The first-order chi connectivity index (χ1) is 6.72. The van der Waals surface area contributed by atoms with E-state index in [9.17, 15) is 0 Å². The molecule has 14 heavy (non-hydrogen) atoms. The first-order valence-corrected chi connectivity index (χ1v) is 5.23. The topological polar surface area (TPSA) is 44.0 Å². The lowest BCUT2D eigenvalue weighted by Crippen LogP contribution is -2.57. The number of aromatic nitrogens is 2. The van der Waals surface area contributed by atoms with Crippen molar-refractivity contribution in [3.63, 3.8) is 0 Å². The standard InChI is InChI=1S/C10H18N4/c1-4-14(9-5-11-6-9)10-12-7(2)8(3)13-10/h9,11H,4-6H2,1-3H3,(H,12,13). The molecule has 4 nitrogen and oxygen atoms in total. The third-order valence-corrected chi connectivity index (χ3v) is 2.93. The molecule has 1 aliphatic rings. The Morgan fingerprint density at radius 2 is 2.14 bits per heavy atom. The number of H-pyrrole nitrogens is 1. The minimum atomic E-state index is 0.616. The summed E-state index contributed by atoms with van der Waals surface area (Å²) < 4.78 is 0. The molecule has 1 saturated heterocycles. The quantitative estimate of drug-likeness (QED) is 0.749. The molecule has 0 aromatic carbocycles. The predicted octanol–water partition coefficient (Wildman–Crippen LogP) is 0.825. The molecule has 78 valence electrons. The molecule has 0 bridgehead atoms. The summed E-state index contributed by atoms with van der Waals surface area (Å²) in [4.78, 5) is 10.2. The van der Waals surface area contributed by atoms with E-state index in [0.29, 0.717) is 6.04 Å². The number of hydrogen-bond donors (Lipinski definition) is 2. The van der Waals surface area contributed by atoms with Crippen LogP contribution in [0.15, 0.2) is 0 Å². The van der Waals surface area contributed by atoms with Crippen LogP contribution in [0.1, 0.15) is 18.3 Å². The second-order valence-corrected chi connectivity index (χ2v) is 3.87. The Labute approximate surface area is 84.7 Å². The van der Waals surface area contributed by atoms with E-state index in [0.717, 1.165) is 31.3 Å². The van der Waals surface area contributed by atoms with E-state index in [2.05, 4.69) is 34.0 Å². The molecule has 0 atom stereocenters. The number of aromatic amines is 1. The summed E-state index contributed by atoms with van der Waals surface area (Å²) in [6.07, 6.45) is 0. The highest BCUT2D eigenvalue weighted by Crippen LogP contribution is 2.16. The Bertz CT molecular complexity index is 294. The highest BCUT2D eigenvalue weighted by Gasteiger charge is 2.25. The van der Waals surface area contributed by atoms with Gasteiger partial charge in [0.25, 0.3) is 0 Å². The normalized spacial score (nSPS) is 16.8. The maximum absolute atomic E-state index is 4.53. The number of anilines is 1. The number of imidazole rings is 1. The first kappa shape index (κ1) is 9.52. The van der Waals surface area contributed by atoms with Gasteiger partial charge in [0.05, 0.1) is 11.7 Å². The van der Waals surface area contributed by atoms with Crippen LogP contribution >= 0.6 is 0 Å². The first-order valence-electron chi connectivity index (χ1n) is 5.23. The second kappa shape index (κ2) is 3.61. The van der Waals surface area contributed by atoms with Crippen molar-refractivity contribution in [2.45, 2.75) is 26.8 Å². The zero-order valence-electron chi connectivity index (χ0n) is 9.09. The molecular formula is C10H18N4. The number of aryl methyl sites for hydroxylation is 2. The van der Waals surface area contributed by atoms with Gasteiger partial charge in [-0.2, -0.15) is 0 Å². The van der Waals surface area contributed by atoms with E-state index in [1.165, 1.54) is 5.69 Å². The summed E-state index contributed by atoms with van der Waals surface area (Å²) >= 11 is 0. The summed E-state index contributed by atoms with van der Waals surface area (Å²) in [5.74, 6) is 1.02. The van der Waals surface area contributed by atoms with E-state index in [4.69, 9.17) is 0 Å². The summed E-state index contributed by atoms with van der Waals surface area (Å²) in [6, 6.07) is 0.616. The summed E-state index contributed by atoms with van der Waals surface area (Å²) in [6.45, 7) is 9.45. The number of nitrogens with one attached hydrogen (secondary N) is 2. The molecule has 0 aliphatic carbocycles. The number of likely N-dealkylation sites (N-methyl/N-ethyl adjacent to an activating group) is 1. The fourth-order valence-electron chi connectivity index (χ4n) is 1.74. The van der Waals surface area contributed by atoms with Gasteiger partial charge in [0, 0.05) is 25.3 Å². The predicted molar refractivity (Wildman–Crippen MR) is 57.7 cm³/mol. The van der Waals surface area contributed by atoms with E-state index < -0.39 is 0 Å². The molecule has 2 rings (SSSR count). The van der Waals surface area contributed by atoms with Crippen molar-refractivity contribution in [2.75, 3.05) is 24.5 Å². The highest BCUT2D eigenvalue weighted by atomic mass is 15.3. The van der Waals surface area contributed by atoms with E-state index >= 15 is 0 Å². The molecule has 1 aromatic heterocycles. The zero-order valence-corrected chi connectivity index (χ0v) is 9.09. The highest BCUT2D eigenvalue weighted by molar-refractivity contribution is 5.36. The Kier molecular flexibility index (Phi) is 2.46. The van der Waals surface area contributed by atoms with Crippen LogP contribution in [-0.2, 0) is 0 Å². The fraction of sp³-hybridized carbons (Fsp3) is 0.700. The van der Waals surface area contributed by atoms with Gasteiger partial charge in [-0.1, -0.05) is 0 Å². The van der Waals surface area contributed by atoms with Crippen molar-refractivity contribution >= 4 is 5.95 Å². The lowest BCUT2D eigenvalue weighted by molar-refractivity contribution is 0.413. The molecule has 2 N–H and O–H groups in total. The van der Waals surface area contributed by atoms with Crippen molar-refractivity contribution in [3.05, 3.63) is 11.4 Å². The van der Waals surface area contributed by atoms with Crippen LogP contribution < -0.4 is 10.2 Å². The molecule has 1 fully saturated rings. The van der Waals surface area contributed by atoms with Crippen molar-refractivity contribution in [3.8, 4) is 0 Å². The average Bonchev–Trinajstić information content (AvgIpc) is 2.39. The number of hydrogen-bond acceptors (Lipinski definition) is 3. The van der Waals surface area contributed by atoms with Gasteiger partial charge in [0.1, 0.15) is 0 Å². The smallest absolute Gasteiger partial charge is 0.203 e. The SMILES string of the molecule is CCN(c1nc(C)c(C)[nH]1)C1CNC1. The van der Waals surface area contributed by atoms with Gasteiger partial charge in [-0.05, 0) is 20.8 Å². The van der Waals surface area contributed by atoms with Crippen LogP contribution in [0, 0.1) is 13.8 Å². The van der Waals surface area contributed by atoms with Crippen molar-refractivity contribution < 1.29 is 0 Å². The minimum Gasteiger partial charge on any atom is -0.337 e. The van der Waals surface area contributed by atoms with Crippen LogP contribution in [-0.4, -0.2) is 35.6 Å². The zero-order chi connectivity index (χ0) is 10.1. The molecule has 0 radical (unpaired) electrons. The summed E-state index contributed by atoms with van der Waals surface area (Å²) in [7, 11) is 0. The van der Waals surface area contributed by atoms with Gasteiger partial charge in [0.2, 0.25) is 5.95 Å². The van der Waals surface area contributed by atoms with Gasteiger partial charge in [-0.25, -0.2) is 4.98 Å². The number of nitrogens with zero attached hydrogens (tertiary/aromatic N) is 2. The lowest BCUT2D eigenvalue weighted by Gasteiger charge is -2.37. The van der Waals surface area contributed by atoms with Crippen LogP contribution in [0.5, 0.6) is 0 Å². The molecule has 4 heteroatoms. The summed E-state index contributed by atoms with van der Waals surface area (Å²) in [5, 5.41) is 3.28. The maximum Gasteiger partial charge on any atom is 0.203 e. The third kappa shape index (κ3) is 1.50. The van der Waals surface area contributed by atoms with Gasteiger partial charge in [-0.3, -0.25) is 0 Å². The van der Waals surface area contributed by atoms with Crippen LogP contribution in [0.4, 0.5) is 5.95 Å². The van der Waals surface area contributed by atoms with Crippen LogP contribution in [0.25, 0.3) is 0 Å². The van der Waals surface area contributed by atoms with Crippen molar-refractivity contribution in [2.24, 2.45) is 0 Å². The minimum absolute atomic E-state index is 0.616. The second-order valence-electron chi connectivity index (χ2n) is 3.87. The molecule has 0 saturated carbocycles. The molecular weight excluding hydrogens is 176 g/mol. The maximum atomic E-state index is 4.53. The average molecular weight is 194 g/mol. The Hall–Kier alpha value is -1.03. The Morgan fingerprint density at radius 3 is 2.50 bits per heavy atom.